The Morgan fingerprint density at radius 1 is 1.14 bits per heavy atom. The van der Waals surface area contributed by atoms with Crippen LogP contribution in [0.2, 0.25) is 0 Å². The number of hydrogen-bond acceptors (Lipinski definition) is 7. The van der Waals surface area contributed by atoms with Crippen LogP contribution in [-0.4, -0.2) is 36.9 Å². The molecule has 2 aromatic carbocycles. The zero-order chi connectivity index (χ0) is 21.0. The highest BCUT2D eigenvalue weighted by Gasteiger charge is 2.20. The molecule has 3 aromatic rings. The molecule has 0 radical (unpaired) electrons. The van der Waals surface area contributed by atoms with Crippen molar-refractivity contribution in [2.24, 2.45) is 0 Å². The van der Waals surface area contributed by atoms with Gasteiger partial charge in [-0.1, -0.05) is 23.3 Å². The number of amides is 1. The van der Waals surface area contributed by atoms with E-state index < -0.39 is 15.1 Å². The first-order valence-electron chi connectivity index (χ1n) is 8.90. The molecule has 0 spiro atoms. The van der Waals surface area contributed by atoms with E-state index in [9.17, 15) is 13.2 Å². The van der Waals surface area contributed by atoms with Crippen molar-refractivity contribution in [3.8, 4) is 17.2 Å². The summed E-state index contributed by atoms with van der Waals surface area (Å²) in [5.41, 5.74) is 1.25. The molecular formula is C20H21N3O5S. The summed E-state index contributed by atoms with van der Waals surface area (Å²) >= 11 is 0. The molecule has 29 heavy (non-hydrogen) atoms. The Hall–Kier alpha value is -3.20. The summed E-state index contributed by atoms with van der Waals surface area (Å²) in [5, 5.41) is 9.70. The second-order valence-electron chi connectivity index (χ2n) is 6.61. The molecule has 0 saturated carbocycles. The van der Waals surface area contributed by atoms with Crippen molar-refractivity contribution in [1.82, 2.24) is 10.2 Å². The molecular weight excluding hydrogens is 394 g/mol. The lowest BCUT2D eigenvalue weighted by atomic mass is 10.1. The number of sulfone groups is 1. The molecule has 1 heterocycles. The van der Waals surface area contributed by atoms with Crippen molar-refractivity contribution in [2.45, 2.75) is 30.4 Å². The number of anilines is 1. The van der Waals surface area contributed by atoms with Gasteiger partial charge in [-0.2, -0.15) is 0 Å². The molecule has 0 fully saturated rings. The van der Waals surface area contributed by atoms with E-state index in [1.807, 2.05) is 0 Å². The number of nitrogens with one attached hydrogen (secondary N) is 1. The first-order valence-corrected chi connectivity index (χ1v) is 10.4. The van der Waals surface area contributed by atoms with Crippen LogP contribution < -0.4 is 10.1 Å². The van der Waals surface area contributed by atoms with Crippen LogP contribution in [0.3, 0.4) is 0 Å². The van der Waals surface area contributed by atoms with Crippen LogP contribution in [0.5, 0.6) is 5.75 Å². The predicted molar refractivity (Wildman–Crippen MR) is 107 cm³/mol. The van der Waals surface area contributed by atoms with E-state index in [0.29, 0.717) is 11.3 Å². The fourth-order valence-electron chi connectivity index (χ4n) is 2.56. The lowest BCUT2D eigenvalue weighted by Gasteiger charge is -2.08. The maximum absolute atomic E-state index is 12.3. The fraction of sp³-hybridized carbons (Fsp3) is 0.250. The van der Waals surface area contributed by atoms with E-state index in [2.05, 4.69) is 15.5 Å². The summed E-state index contributed by atoms with van der Waals surface area (Å²) in [5.74, 6) is 0.504. The standard InChI is InChI=1S/C20H21N3O5S/c1-13(2)29(25,26)17-6-4-5-15(12-17)19-22-23-20(28-19)21-18(24)11-14-7-9-16(27-3)10-8-14/h4-10,12-13H,11H2,1-3H3,(H,21,23,24). The number of methoxy groups -OCH3 is 1. The Balaban J connectivity index is 1.71. The van der Waals surface area contributed by atoms with Crippen LogP contribution in [0.1, 0.15) is 19.4 Å². The third-order valence-electron chi connectivity index (χ3n) is 4.23. The van der Waals surface area contributed by atoms with Gasteiger partial charge in [-0.05, 0) is 49.7 Å². The van der Waals surface area contributed by atoms with Crippen molar-refractivity contribution in [1.29, 1.82) is 0 Å². The van der Waals surface area contributed by atoms with Crippen molar-refractivity contribution in [2.75, 3.05) is 12.4 Å². The van der Waals surface area contributed by atoms with Crippen LogP contribution >= 0.6 is 0 Å². The Morgan fingerprint density at radius 2 is 1.86 bits per heavy atom. The van der Waals surface area contributed by atoms with Crippen molar-refractivity contribution in [3.63, 3.8) is 0 Å². The van der Waals surface area contributed by atoms with Gasteiger partial charge in [0, 0.05) is 5.56 Å². The number of rotatable bonds is 7. The first-order chi connectivity index (χ1) is 13.8. The molecule has 1 amide bonds. The Labute approximate surface area is 168 Å². The molecule has 0 unspecified atom stereocenters. The number of carbonyl (C=O) groups excluding carboxylic acids is 1. The van der Waals surface area contributed by atoms with Gasteiger partial charge in [0.25, 0.3) is 0 Å². The zero-order valence-electron chi connectivity index (χ0n) is 16.2. The maximum atomic E-state index is 12.3. The number of aromatic nitrogens is 2. The van der Waals surface area contributed by atoms with Gasteiger partial charge in [0.2, 0.25) is 11.8 Å². The van der Waals surface area contributed by atoms with Crippen LogP contribution in [0, 0.1) is 0 Å². The number of benzene rings is 2. The fourth-order valence-corrected chi connectivity index (χ4v) is 3.66. The topological polar surface area (TPSA) is 111 Å². The summed E-state index contributed by atoms with van der Waals surface area (Å²) < 4.78 is 35.3. The highest BCUT2D eigenvalue weighted by atomic mass is 32.2. The summed E-state index contributed by atoms with van der Waals surface area (Å²) in [4.78, 5) is 12.4. The van der Waals surface area contributed by atoms with Crippen LogP contribution in [0.25, 0.3) is 11.5 Å². The first kappa shape index (κ1) is 20.5. The average molecular weight is 415 g/mol. The second kappa shape index (κ2) is 8.44. The quantitative estimate of drug-likeness (QED) is 0.631. The van der Waals surface area contributed by atoms with Crippen LogP contribution in [-0.2, 0) is 21.1 Å². The second-order valence-corrected chi connectivity index (χ2v) is 9.11. The molecule has 152 valence electrons. The Bertz CT molecular complexity index is 1110. The smallest absolute Gasteiger partial charge is 0.322 e. The van der Waals surface area contributed by atoms with Gasteiger partial charge in [0.05, 0.1) is 23.7 Å². The minimum absolute atomic E-state index is 0.0596. The summed E-state index contributed by atoms with van der Waals surface area (Å²) in [6, 6.07) is 13.3. The Morgan fingerprint density at radius 3 is 2.52 bits per heavy atom. The average Bonchev–Trinajstić information content (AvgIpc) is 3.17. The van der Waals surface area contributed by atoms with Crippen LogP contribution in [0.4, 0.5) is 6.01 Å². The van der Waals surface area contributed by atoms with Gasteiger partial charge in [0.1, 0.15) is 5.75 Å². The van der Waals surface area contributed by atoms with E-state index >= 15 is 0 Å². The molecule has 0 aliphatic rings. The third kappa shape index (κ3) is 4.80. The van der Waals surface area contributed by atoms with E-state index in [1.165, 1.54) is 12.1 Å². The van der Waals surface area contributed by atoms with Crippen molar-refractivity contribution >= 4 is 21.8 Å². The number of nitrogens with zero attached hydrogens (tertiary/aromatic N) is 2. The molecule has 3 rings (SSSR count). The summed E-state index contributed by atoms with van der Waals surface area (Å²) in [6.45, 7) is 3.23. The van der Waals surface area contributed by atoms with Gasteiger partial charge < -0.3 is 9.15 Å². The summed E-state index contributed by atoms with van der Waals surface area (Å²) in [7, 11) is -1.86. The highest BCUT2D eigenvalue weighted by Crippen LogP contribution is 2.24. The number of ether oxygens (including phenoxy) is 1. The predicted octanol–water partition coefficient (Wildman–Crippen LogP) is 3.11. The Kier molecular flexibility index (Phi) is 5.97. The molecule has 0 aliphatic carbocycles. The molecule has 1 aromatic heterocycles. The highest BCUT2D eigenvalue weighted by molar-refractivity contribution is 7.92. The maximum Gasteiger partial charge on any atom is 0.322 e. The van der Waals surface area contributed by atoms with E-state index in [1.54, 1.807) is 57.4 Å². The normalized spacial score (nSPS) is 11.4. The van der Waals surface area contributed by atoms with E-state index in [4.69, 9.17) is 9.15 Å². The van der Waals surface area contributed by atoms with E-state index in [0.717, 1.165) is 5.56 Å². The number of carbonyl (C=O) groups is 1. The van der Waals surface area contributed by atoms with Crippen molar-refractivity contribution in [3.05, 3.63) is 54.1 Å². The van der Waals surface area contributed by atoms with Gasteiger partial charge in [-0.15, -0.1) is 5.10 Å². The monoisotopic (exact) mass is 415 g/mol. The van der Waals surface area contributed by atoms with Crippen LogP contribution in [0.15, 0.2) is 57.8 Å². The van der Waals surface area contributed by atoms with Gasteiger partial charge in [0.15, 0.2) is 9.84 Å². The lowest BCUT2D eigenvalue weighted by molar-refractivity contribution is -0.115. The van der Waals surface area contributed by atoms with E-state index in [-0.39, 0.29) is 29.1 Å². The largest absolute Gasteiger partial charge is 0.497 e. The molecule has 9 heteroatoms. The third-order valence-corrected chi connectivity index (χ3v) is 6.38. The number of hydrogen-bond donors (Lipinski definition) is 1. The molecule has 0 atom stereocenters. The lowest BCUT2D eigenvalue weighted by Crippen LogP contribution is -2.14. The van der Waals surface area contributed by atoms with Gasteiger partial charge >= 0.3 is 6.01 Å². The molecule has 0 bridgehead atoms. The minimum Gasteiger partial charge on any atom is -0.497 e. The SMILES string of the molecule is COc1ccc(CC(=O)Nc2nnc(-c3cccc(S(=O)(=O)C(C)C)c3)o2)cc1. The molecule has 8 nitrogen and oxygen atoms in total. The minimum atomic E-state index is -3.43. The molecule has 0 aliphatic heterocycles. The van der Waals surface area contributed by atoms with Gasteiger partial charge in [-0.25, -0.2) is 8.42 Å². The van der Waals surface area contributed by atoms with Crippen molar-refractivity contribution < 1.29 is 22.4 Å². The zero-order valence-corrected chi connectivity index (χ0v) is 17.1. The molecule has 0 saturated heterocycles. The summed E-state index contributed by atoms with van der Waals surface area (Å²) in [6.07, 6.45) is 0.129. The molecule has 1 N–H and O–H groups in total. The van der Waals surface area contributed by atoms with Gasteiger partial charge in [-0.3, -0.25) is 10.1 Å².